The minimum atomic E-state index is -0.126. The van der Waals surface area contributed by atoms with Crippen molar-refractivity contribution in [2.24, 2.45) is 0 Å². The van der Waals surface area contributed by atoms with E-state index >= 15 is 0 Å². The Morgan fingerprint density at radius 3 is 2.69 bits per heavy atom. The highest BCUT2D eigenvalue weighted by atomic mass is 32.2. The van der Waals surface area contributed by atoms with Crippen molar-refractivity contribution in [1.82, 2.24) is 5.32 Å². The SMILES string of the molecule is CCCNC(C)(CO)CSC1CCOCC1. The lowest BCUT2D eigenvalue weighted by molar-refractivity contribution is 0.0998. The lowest BCUT2D eigenvalue weighted by atomic mass is 10.1. The summed E-state index contributed by atoms with van der Waals surface area (Å²) in [6.07, 6.45) is 3.41. The van der Waals surface area contributed by atoms with Gasteiger partial charge >= 0.3 is 0 Å². The maximum absolute atomic E-state index is 9.44. The Morgan fingerprint density at radius 2 is 2.12 bits per heavy atom. The second-order valence-corrected chi connectivity index (χ2v) is 6.06. The van der Waals surface area contributed by atoms with E-state index in [1.165, 1.54) is 0 Å². The topological polar surface area (TPSA) is 41.5 Å². The van der Waals surface area contributed by atoms with Crippen molar-refractivity contribution in [2.75, 3.05) is 32.1 Å². The van der Waals surface area contributed by atoms with Crippen LogP contribution in [0.2, 0.25) is 0 Å². The van der Waals surface area contributed by atoms with Gasteiger partial charge in [-0.05, 0) is 32.7 Å². The summed E-state index contributed by atoms with van der Waals surface area (Å²) in [4.78, 5) is 0. The van der Waals surface area contributed by atoms with E-state index < -0.39 is 0 Å². The standard InChI is InChI=1S/C12H25NO2S/c1-3-6-13-12(2,9-14)10-16-11-4-7-15-8-5-11/h11,13-14H,3-10H2,1-2H3. The van der Waals surface area contributed by atoms with E-state index in [-0.39, 0.29) is 12.1 Å². The summed E-state index contributed by atoms with van der Waals surface area (Å²) in [7, 11) is 0. The van der Waals surface area contributed by atoms with Crippen molar-refractivity contribution in [3.05, 3.63) is 0 Å². The van der Waals surface area contributed by atoms with Crippen molar-refractivity contribution >= 4 is 11.8 Å². The van der Waals surface area contributed by atoms with Gasteiger partial charge < -0.3 is 15.2 Å². The third-order valence-corrected chi connectivity index (χ3v) is 4.70. The average Bonchev–Trinajstić information content (AvgIpc) is 2.35. The third kappa shape index (κ3) is 5.04. The third-order valence-electron chi connectivity index (χ3n) is 2.96. The van der Waals surface area contributed by atoms with Gasteiger partial charge in [0, 0.05) is 29.8 Å². The van der Waals surface area contributed by atoms with Gasteiger partial charge in [0.2, 0.25) is 0 Å². The second-order valence-electron chi connectivity index (χ2n) is 4.77. The van der Waals surface area contributed by atoms with Crippen molar-refractivity contribution in [2.45, 2.75) is 43.9 Å². The van der Waals surface area contributed by atoms with Gasteiger partial charge in [0.15, 0.2) is 0 Å². The summed E-state index contributed by atoms with van der Waals surface area (Å²) in [6.45, 7) is 7.24. The Morgan fingerprint density at radius 1 is 1.44 bits per heavy atom. The van der Waals surface area contributed by atoms with Gasteiger partial charge in [-0.1, -0.05) is 6.92 Å². The summed E-state index contributed by atoms with van der Waals surface area (Å²) in [6, 6.07) is 0. The van der Waals surface area contributed by atoms with Crippen molar-refractivity contribution < 1.29 is 9.84 Å². The molecule has 96 valence electrons. The van der Waals surface area contributed by atoms with Gasteiger partial charge in [0.25, 0.3) is 0 Å². The predicted molar refractivity (Wildman–Crippen MR) is 70.1 cm³/mol. The largest absolute Gasteiger partial charge is 0.394 e. The first kappa shape index (κ1) is 14.3. The van der Waals surface area contributed by atoms with E-state index in [4.69, 9.17) is 4.74 Å². The normalized spacial score (nSPS) is 21.9. The summed E-state index contributed by atoms with van der Waals surface area (Å²) in [5.41, 5.74) is -0.126. The van der Waals surface area contributed by atoms with Crippen LogP contribution in [0, 0.1) is 0 Å². The second kappa shape index (κ2) is 7.54. The smallest absolute Gasteiger partial charge is 0.0618 e. The van der Waals surface area contributed by atoms with E-state index in [0.29, 0.717) is 5.25 Å². The van der Waals surface area contributed by atoms with Gasteiger partial charge in [0.05, 0.1) is 6.61 Å². The van der Waals surface area contributed by atoms with Crippen molar-refractivity contribution in [3.8, 4) is 0 Å². The van der Waals surface area contributed by atoms with Crippen LogP contribution in [0.1, 0.15) is 33.1 Å². The predicted octanol–water partition coefficient (Wildman–Crippen LogP) is 1.65. The Bertz CT molecular complexity index is 186. The van der Waals surface area contributed by atoms with Crippen molar-refractivity contribution in [3.63, 3.8) is 0 Å². The number of aliphatic hydroxyl groups is 1. The molecule has 0 aromatic carbocycles. The summed E-state index contributed by atoms with van der Waals surface area (Å²) < 4.78 is 5.34. The molecule has 0 spiro atoms. The van der Waals surface area contributed by atoms with Gasteiger partial charge in [-0.25, -0.2) is 0 Å². The maximum Gasteiger partial charge on any atom is 0.0618 e. The molecule has 0 radical (unpaired) electrons. The monoisotopic (exact) mass is 247 g/mol. The molecule has 0 aromatic rings. The highest BCUT2D eigenvalue weighted by molar-refractivity contribution is 8.00. The molecule has 0 bridgehead atoms. The molecule has 3 nitrogen and oxygen atoms in total. The summed E-state index contributed by atoms with van der Waals surface area (Å²) in [5, 5.41) is 13.6. The number of ether oxygens (including phenoxy) is 1. The summed E-state index contributed by atoms with van der Waals surface area (Å²) in [5.74, 6) is 0.980. The fourth-order valence-corrected chi connectivity index (χ4v) is 3.05. The van der Waals surface area contributed by atoms with Crippen molar-refractivity contribution in [1.29, 1.82) is 0 Å². The first-order valence-corrected chi connectivity index (χ1v) is 7.30. The maximum atomic E-state index is 9.44. The van der Waals surface area contributed by atoms with Crippen LogP contribution in [0.25, 0.3) is 0 Å². The number of rotatable bonds is 7. The molecule has 1 saturated heterocycles. The minimum absolute atomic E-state index is 0.126. The molecule has 1 unspecified atom stereocenters. The van der Waals surface area contributed by atoms with E-state index in [1.54, 1.807) is 0 Å². The Hall–Kier alpha value is 0.230. The Kier molecular flexibility index (Phi) is 6.73. The van der Waals surface area contributed by atoms with Crippen LogP contribution in [0.15, 0.2) is 0 Å². The molecular weight excluding hydrogens is 222 g/mol. The first-order valence-electron chi connectivity index (χ1n) is 6.25. The van der Waals surface area contributed by atoms with Crippen LogP contribution in [0.3, 0.4) is 0 Å². The number of thioether (sulfide) groups is 1. The highest BCUT2D eigenvalue weighted by Crippen LogP contribution is 2.25. The lowest BCUT2D eigenvalue weighted by Gasteiger charge is -2.31. The van der Waals surface area contributed by atoms with Gasteiger partial charge in [-0.3, -0.25) is 0 Å². The first-order chi connectivity index (χ1) is 7.70. The van der Waals surface area contributed by atoms with E-state index in [2.05, 4.69) is 19.2 Å². The van der Waals surface area contributed by atoms with Crippen LogP contribution < -0.4 is 5.32 Å². The van der Waals surface area contributed by atoms with Gasteiger partial charge in [0.1, 0.15) is 0 Å². The molecule has 16 heavy (non-hydrogen) atoms. The lowest BCUT2D eigenvalue weighted by Crippen LogP contribution is -2.48. The molecule has 4 heteroatoms. The molecule has 1 heterocycles. The van der Waals surface area contributed by atoms with Crippen LogP contribution in [0.4, 0.5) is 0 Å². The number of hydrogen-bond donors (Lipinski definition) is 2. The number of hydrogen-bond acceptors (Lipinski definition) is 4. The van der Waals surface area contributed by atoms with Gasteiger partial charge in [-0.2, -0.15) is 11.8 Å². The average molecular weight is 247 g/mol. The zero-order valence-corrected chi connectivity index (χ0v) is 11.3. The van der Waals surface area contributed by atoms with Crippen LogP contribution in [-0.2, 0) is 4.74 Å². The van der Waals surface area contributed by atoms with E-state index in [9.17, 15) is 5.11 Å². The molecular formula is C12H25NO2S. The zero-order chi connectivity index (χ0) is 11.9. The zero-order valence-electron chi connectivity index (χ0n) is 10.5. The van der Waals surface area contributed by atoms with E-state index in [1.807, 2.05) is 11.8 Å². The quantitative estimate of drug-likeness (QED) is 0.718. The van der Waals surface area contributed by atoms with E-state index in [0.717, 1.165) is 44.8 Å². The minimum Gasteiger partial charge on any atom is -0.394 e. The molecule has 1 aliphatic rings. The van der Waals surface area contributed by atoms with Crippen LogP contribution in [-0.4, -0.2) is 48.0 Å². The molecule has 1 rings (SSSR count). The molecule has 2 N–H and O–H groups in total. The number of aliphatic hydroxyl groups excluding tert-OH is 1. The van der Waals surface area contributed by atoms with Gasteiger partial charge in [-0.15, -0.1) is 0 Å². The molecule has 1 atom stereocenters. The molecule has 0 aromatic heterocycles. The number of nitrogens with one attached hydrogen (secondary N) is 1. The Labute approximate surface area is 103 Å². The fourth-order valence-electron chi connectivity index (χ4n) is 1.72. The fraction of sp³-hybridized carbons (Fsp3) is 1.00. The molecule has 0 aliphatic carbocycles. The molecule has 0 amide bonds. The molecule has 0 saturated carbocycles. The van der Waals surface area contributed by atoms with Crippen LogP contribution >= 0.6 is 11.8 Å². The Balaban J connectivity index is 2.25. The van der Waals surface area contributed by atoms with Crippen LogP contribution in [0.5, 0.6) is 0 Å². The molecule has 1 fully saturated rings. The molecule has 1 aliphatic heterocycles. The highest BCUT2D eigenvalue weighted by Gasteiger charge is 2.24. The summed E-state index contributed by atoms with van der Waals surface area (Å²) >= 11 is 1.98.